The van der Waals surface area contributed by atoms with Crippen molar-refractivity contribution in [3.63, 3.8) is 0 Å². The van der Waals surface area contributed by atoms with E-state index in [-0.39, 0.29) is 0 Å². The lowest BCUT2D eigenvalue weighted by atomic mass is 9.88. The van der Waals surface area contributed by atoms with Gasteiger partial charge in [-0.15, -0.1) is 0 Å². The van der Waals surface area contributed by atoms with Gasteiger partial charge < -0.3 is 4.43 Å². The highest BCUT2D eigenvalue weighted by Gasteiger charge is 2.25. The molecule has 0 N–H and O–H groups in total. The Labute approximate surface area is 118 Å². The second-order valence-corrected chi connectivity index (χ2v) is 10.8. The van der Waals surface area contributed by atoms with Crippen LogP contribution in [0.25, 0.3) is 5.76 Å². The number of allylic oxidation sites excluding steroid dienone is 1. The van der Waals surface area contributed by atoms with Gasteiger partial charge in [-0.2, -0.15) is 0 Å². The number of hydrogen-bond donors (Lipinski definition) is 0. The Balaban J connectivity index is 2.37. The number of unbranched alkanes of at least 4 members (excludes halogenated alkanes) is 1. The van der Waals surface area contributed by atoms with Gasteiger partial charge in [0.05, 0.1) is 0 Å². The summed E-state index contributed by atoms with van der Waals surface area (Å²) >= 11 is 0. The van der Waals surface area contributed by atoms with Crippen LogP contribution >= 0.6 is 0 Å². The fourth-order valence-electron chi connectivity index (χ4n) is 2.61. The zero-order valence-electron chi connectivity index (χ0n) is 12.8. The lowest BCUT2D eigenvalue weighted by Crippen LogP contribution is -2.26. The molecule has 0 saturated carbocycles. The Morgan fingerprint density at radius 2 is 1.84 bits per heavy atom. The zero-order chi connectivity index (χ0) is 13.9. The van der Waals surface area contributed by atoms with Gasteiger partial charge in [-0.3, -0.25) is 0 Å². The van der Waals surface area contributed by atoms with E-state index in [1.54, 1.807) is 5.57 Å². The van der Waals surface area contributed by atoms with Gasteiger partial charge in [0, 0.05) is 5.56 Å². The van der Waals surface area contributed by atoms with Gasteiger partial charge in [-0.05, 0) is 56.5 Å². The maximum atomic E-state index is 6.43. The van der Waals surface area contributed by atoms with Crippen LogP contribution in [0.4, 0.5) is 0 Å². The lowest BCUT2D eigenvalue weighted by molar-refractivity contribution is 0.497. The Hall–Kier alpha value is -1.02. The molecule has 0 aromatic heterocycles. The highest BCUT2D eigenvalue weighted by Crippen LogP contribution is 2.36. The van der Waals surface area contributed by atoms with Crippen molar-refractivity contribution in [2.24, 2.45) is 0 Å². The van der Waals surface area contributed by atoms with Crippen LogP contribution in [0.3, 0.4) is 0 Å². The van der Waals surface area contributed by atoms with Gasteiger partial charge in [-0.25, -0.2) is 0 Å². The minimum absolute atomic E-state index is 1.17. The molecule has 1 aromatic rings. The second kappa shape index (κ2) is 5.95. The number of rotatable bonds is 5. The number of benzene rings is 1. The smallest absolute Gasteiger partial charge is 0.242 e. The molecule has 0 aliphatic heterocycles. The fraction of sp³-hybridized carbons (Fsp3) is 0.529. The molecule has 0 atom stereocenters. The predicted molar refractivity (Wildman–Crippen MR) is 85.6 cm³/mol. The molecule has 0 radical (unpaired) electrons. The van der Waals surface area contributed by atoms with Crippen molar-refractivity contribution in [1.82, 2.24) is 0 Å². The standard InChI is InChI=1S/C17H26OSi/c1-5-6-9-15-13-12-14-10-7-8-11-16(14)17(15)18-19(2,3)4/h7-8,10-11H,5-6,9,12-13H2,1-4H3. The van der Waals surface area contributed by atoms with E-state index in [1.165, 1.54) is 49.0 Å². The quantitative estimate of drug-likeness (QED) is 0.654. The summed E-state index contributed by atoms with van der Waals surface area (Å²) in [5, 5.41) is 0. The van der Waals surface area contributed by atoms with Gasteiger partial charge in [0.2, 0.25) is 8.32 Å². The lowest BCUT2D eigenvalue weighted by Gasteiger charge is -2.29. The molecule has 0 unspecified atom stereocenters. The third-order valence-corrected chi connectivity index (χ3v) is 4.34. The van der Waals surface area contributed by atoms with Gasteiger partial charge in [-0.1, -0.05) is 37.6 Å². The van der Waals surface area contributed by atoms with Gasteiger partial charge >= 0.3 is 0 Å². The van der Waals surface area contributed by atoms with Crippen molar-refractivity contribution < 1.29 is 4.43 Å². The number of aryl methyl sites for hydroxylation is 1. The summed E-state index contributed by atoms with van der Waals surface area (Å²) in [5.74, 6) is 1.22. The molecule has 2 rings (SSSR count). The molecule has 1 aromatic carbocycles. The Morgan fingerprint density at radius 1 is 1.11 bits per heavy atom. The summed E-state index contributed by atoms with van der Waals surface area (Å²) in [6, 6.07) is 8.76. The summed E-state index contributed by atoms with van der Waals surface area (Å²) in [5.41, 5.74) is 4.35. The van der Waals surface area contributed by atoms with E-state index < -0.39 is 8.32 Å². The molecule has 19 heavy (non-hydrogen) atoms. The molecule has 1 nitrogen and oxygen atoms in total. The summed E-state index contributed by atoms with van der Waals surface area (Å²) in [6.07, 6.45) is 6.08. The van der Waals surface area contributed by atoms with Crippen molar-refractivity contribution in [3.8, 4) is 0 Å². The molecule has 104 valence electrons. The van der Waals surface area contributed by atoms with Crippen LogP contribution in [-0.2, 0) is 10.8 Å². The van der Waals surface area contributed by atoms with Gasteiger partial charge in [0.25, 0.3) is 0 Å². The van der Waals surface area contributed by atoms with Gasteiger partial charge in [0.15, 0.2) is 0 Å². The first-order valence-electron chi connectivity index (χ1n) is 7.50. The largest absolute Gasteiger partial charge is 0.544 e. The Morgan fingerprint density at radius 3 is 2.53 bits per heavy atom. The van der Waals surface area contributed by atoms with E-state index in [9.17, 15) is 0 Å². The van der Waals surface area contributed by atoms with E-state index in [0.717, 1.165) is 0 Å². The summed E-state index contributed by atoms with van der Waals surface area (Å²) in [7, 11) is -1.55. The molecule has 1 aliphatic rings. The molecule has 0 spiro atoms. The average molecular weight is 274 g/mol. The van der Waals surface area contributed by atoms with Crippen molar-refractivity contribution >= 4 is 14.1 Å². The van der Waals surface area contributed by atoms with Crippen molar-refractivity contribution in [1.29, 1.82) is 0 Å². The predicted octanol–water partition coefficient (Wildman–Crippen LogP) is 5.39. The molecule has 0 amide bonds. The summed E-state index contributed by atoms with van der Waals surface area (Å²) in [4.78, 5) is 0. The van der Waals surface area contributed by atoms with Crippen LogP contribution in [0, 0.1) is 0 Å². The van der Waals surface area contributed by atoms with Crippen LogP contribution in [0.15, 0.2) is 29.8 Å². The van der Waals surface area contributed by atoms with Crippen LogP contribution in [0.5, 0.6) is 0 Å². The topological polar surface area (TPSA) is 9.23 Å². The minimum atomic E-state index is -1.55. The van der Waals surface area contributed by atoms with E-state index in [1.807, 2.05) is 0 Å². The van der Waals surface area contributed by atoms with Crippen molar-refractivity contribution in [3.05, 3.63) is 41.0 Å². The molecular weight excluding hydrogens is 248 g/mol. The molecule has 0 fully saturated rings. The van der Waals surface area contributed by atoms with Gasteiger partial charge in [0.1, 0.15) is 5.76 Å². The van der Waals surface area contributed by atoms with Crippen molar-refractivity contribution in [2.45, 2.75) is 58.7 Å². The summed E-state index contributed by atoms with van der Waals surface area (Å²) < 4.78 is 6.43. The first-order chi connectivity index (χ1) is 9.01. The van der Waals surface area contributed by atoms with E-state index in [2.05, 4.69) is 50.8 Å². The molecule has 0 heterocycles. The van der Waals surface area contributed by atoms with Crippen LogP contribution in [0.2, 0.25) is 19.6 Å². The minimum Gasteiger partial charge on any atom is -0.544 e. The normalized spacial score (nSPS) is 15.4. The van der Waals surface area contributed by atoms with E-state index in [4.69, 9.17) is 4.43 Å². The maximum Gasteiger partial charge on any atom is 0.242 e. The van der Waals surface area contributed by atoms with E-state index >= 15 is 0 Å². The molecular formula is C17H26OSi. The highest BCUT2D eigenvalue weighted by atomic mass is 28.4. The SMILES string of the molecule is CCCCC1=C(O[Si](C)(C)C)c2ccccc2CC1. The Kier molecular flexibility index (Phi) is 4.51. The van der Waals surface area contributed by atoms with Crippen molar-refractivity contribution in [2.75, 3.05) is 0 Å². The average Bonchev–Trinajstić information content (AvgIpc) is 2.36. The zero-order valence-corrected chi connectivity index (χ0v) is 13.8. The third-order valence-electron chi connectivity index (χ3n) is 3.52. The Bertz CT molecular complexity index is 468. The molecule has 1 aliphatic carbocycles. The highest BCUT2D eigenvalue weighted by molar-refractivity contribution is 6.70. The van der Waals surface area contributed by atoms with Crippen LogP contribution in [0.1, 0.15) is 43.7 Å². The second-order valence-electron chi connectivity index (χ2n) is 6.41. The maximum absolute atomic E-state index is 6.43. The first kappa shape index (κ1) is 14.4. The molecule has 0 saturated heterocycles. The fourth-order valence-corrected chi connectivity index (χ4v) is 3.48. The number of fused-ring (bicyclic) bond motifs is 1. The first-order valence-corrected chi connectivity index (χ1v) is 10.9. The van der Waals surface area contributed by atoms with Crippen LogP contribution in [-0.4, -0.2) is 8.32 Å². The number of hydrogen-bond acceptors (Lipinski definition) is 1. The monoisotopic (exact) mass is 274 g/mol. The summed E-state index contributed by atoms with van der Waals surface area (Å²) in [6.45, 7) is 9.08. The molecule has 0 bridgehead atoms. The van der Waals surface area contributed by atoms with Crippen LogP contribution < -0.4 is 0 Å². The third kappa shape index (κ3) is 3.72. The van der Waals surface area contributed by atoms with E-state index in [0.29, 0.717) is 0 Å². The molecule has 2 heteroatoms.